The molecule has 1 aliphatic heterocycles. The number of rotatable bonds is 4. The van der Waals surface area contributed by atoms with Crippen LogP contribution in [0.1, 0.15) is 35.0 Å². The molecule has 0 unspecified atom stereocenters. The Hall–Kier alpha value is -3.23. The van der Waals surface area contributed by atoms with Gasteiger partial charge < -0.3 is 9.64 Å². The lowest BCUT2D eigenvalue weighted by Crippen LogP contribution is -2.30. The number of esters is 1. The zero-order valence-corrected chi connectivity index (χ0v) is 15.2. The Morgan fingerprint density at radius 1 is 1.29 bits per heavy atom. The smallest absolute Gasteiger partial charge is 0.343 e. The van der Waals surface area contributed by atoms with Crippen molar-refractivity contribution in [1.82, 2.24) is 14.6 Å². The summed E-state index contributed by atoms with van der Waals surface area (Å²) in [5.41, 5.74) is 1.69. The minimum atomic E-state index is -0.913. The summed E-state index contributed by atoms with van der Waals surface area (Å²) in [5, 5.41) is 2.69. The van der Waals surface area contributed by atoms with Gasteiger partial charge >= 0.3 is 5.97 Å². The summed E-state index contributed by atoms with van der Waals surface area (Å²) in [6.07, 6.45) is 2.81. The molecule has 146 valence electrons. The number of halogens is 2. The lowest BCUT2D eigenvalue weighted by Gasteiger charge is -2.31. The summed E-state index contributed by atoms with van der Waals surface area (Å²) in [5.74, 6) is -2.36. The first-order chi connectivity index (χ1) is 13.5. The Morgan fingerprint density at radius 3 is 2.86 bits per heavy atom. The number of carbonyl (C=O) groups excluding carboxylic acids is 1. The number of nitrogens with zero attached hydrogens (tertiary/aromatic N) is 3. The lowest BCUT2D eigenvalue weighted by atomic mass is 10.0. The van der Waals surface area contributed by atoms with Crippen LogP contribution in [0.5, 0.6) is 0 Å². The average molecular weight is 388 g/mol. The van der Waals surface area contributed by atoms with Gasteiger partial charge in [0, 0.05) is 30.6 Å². The summed E-state index contributed by atoms with van der Waals surface area (Å²) in [6, 6.07) is 3.75. The molecule has 0 saturated heterocycles. The summed E-state index contributed by atoms with van der Waals surface area (Å²) in [7, 11) is 0. The van der Waals surface area contributed by atoms with Gasteiger partial charge in [0.1, 0.15) is 5.56 Å². The molecule has 1 aliphatic rings. The van der Waals surface area contributed by atoms with Crippen LogP contribution in [0.2, 0.25) is 0 Å². The minimum Gasteiger partial charge on any atom is -0.462 e. The summed E-state index contributed by atoms with van der Waals surface area (Å²) in [6.45, 7) is 2.74. The number of fused-ring (bicyclic) bond motifs is 2. The fourth-order valence-corrected chi connectivity index (χ4v) is 3.48. The molecule has 28 heavy (non-hydrogen) atoms. The van der Waals surface area contributed by atoms with Crippen molar-refractivity contribution >= 4 is 17.3 Å². The molecule has 0 amide bonds. The van der Waals surface area contributed by atoms with Gasteiger partial charge in [0.05, 0.1) is 18.8 Å². The van der Waals surface area contributed by atoms with E-state index in [1.807, 2.05) is 4.90 Å². The minimum absolute atomic E-state index is 0.160. The molecular weight excluding hydrogens is 370 g/mol. The van der Waals surface area contributed by atoms with Crippen molar-refractivity contribution in [1.29, 1.82) is 0 Å². The van der Waals surface area contributed by atoms with E-state index >= 15 is 0 Å². The second kappa shape index (κ2) is 7.06. The molecule has 4 rings (SSSR count). The molecule has 1 N–H and O–H groups in total. The number of hydrogen-bond acceptors (Lipinski definition) is 5. The summed E-state index contributed by atoms with van der Waals surface area (Å²) >= 11 is 0. The Bertz CT molecular complexity index is 1120. The van der Waals surface area contributed by atoms with Crippen LogP contribution in [0.3, 0.4) is 0 Å². The van der Waals surface area contributed by atoms with E-state index in [1.54, 1.807) is 6.92 Å². The highest BCUT2D eigenvalue weighted by molar-refractivity contribution is 5.95. The molecule has 0 radical (unpaired) electrons. The zero-order chi connectivity index (χ0) is 19.8. The van der Waals surface area contributed by atoms with E-state index in [0.717, 1.165) is 16.5 Å². The van der Waals surface area contributed by atoms with E-state index in [9.17, 15) is 18.4 Å². The number of ether oxygens (including phenoxy) is 1. The van der Waals surface area contributed by atoms with Gasteiger partial charge in [-0.25, -0.2) is 23.1 Å². The largest absolute Gasteiger partial charge is 0.462 e. The van der Waals surface area contributed by atoms with Crippen LogP contribution in [0.15, 0.2) is 29.2 Å². The topological polar surface area (TPSA) is 79.7 Å². The predicted octanol–water partition coefficient (Wildman–Crippen LogP) is 2.43. The number of aromatic amines is 1. The molecule has 9 heteroatoms. The van der Waals surface area contributed by atoms with Crippen molar-refractivity contribution in [3.8, 4) is 0 Å². The molecule has 0 saturated carbocycles. The number of anilines is 1. The van der Waals surface area contributed by atoms with Crippen molar-refractivity contribution in [3.63, 3.8) is 0 Å². The first kappa shape index (κ1) is 18.1. The molecule has 0 atom stereocenters. The van der Waals surface area contributed by atoms with E-state index in [2.05, 4.69) is 10.1 Å². The molecule has 1 aromatic carbocycles. The zero-order valence-electron chi connectivity index (χ0n) is 15.2. The number of carbonyl (C=O) groups is 1. The molecule has 2 aromatic heterocycles. The van der Waals surface area contributed by atoms with Crippen LogP contribution < -0.4 is 10.5 Å². The molecule has 0 fully saturated rings. The highest BCUT2D eigenvalue weighted by Gasteiger charge is 2.22. The molecule has 3 heterocycles. The standard InChI is InChI=1S/C19H18F2N4O3/c1-2-28-19(27)13-9-22-25-17(26)7-12(23-18(13)25)10-24-5-3-4-11-6-14(20)15(21)8-16(11)24/h6-9,22H,2-5,10H2,1H3. The maximum absolute atomic E-state index is 13.7. The average Bonchev–Trinajstić information content (AvgIpc) is 3.08. The van der Waals surface area contributed by atoms with E-state index in [1.165, 1.54) is 24.4 Å². The SMILES string of the molecule is CCOC(=O)c1c[nH]n2c(=O)cc(CN3CCCc4cc(F)c(F)cc43)nc12. The van der Waals surface area contributed by atoms with Gasteiger partial charge in [-0.1, -0.05) is 0 Å². The van der Waals surface area contributed by atoms with E-state index in [0.29, 0.717) is 24.3 Å². The molecule has 0 spiro atoms. The lowest BCUT2D eigenvalue weighted by molar-refractivity contribution is 0.0528. The number of benzene rings is 1. The molecule has 7 nitrogen and oxygen atoms in total. The molecule has 0 bridgehead atoms. The first-order valence-electron chi connectivity index (χ1n) is 8.98. The highest BCUT2D eigenvalue weighted by atomic mass is 19.2. The van der Waals surface area contributed by atoms with Crippen LogP contribution in [0.25, 0.3) is 5.65 Å². The second-order valence-electron chi connectivity index (χ2n) is 6.57. The number of aromatic nitrogens is 3. The summed E-state index contributed by atoms with van der Waals surface area (Å²) < 4.78 is 33.4. The van der Waals surface area contributed by atoms with Gasteiger partial charge in [-0.05, 0) is 31.4 Å². The van der Waals surface area contributed by atoms with Gasteiger partial charge in [0.15, 0.2) is 17.3 Å². The Morgan fingerprint density at radius 2 is 2.07 bits per heavy atom. The van der Waals surface area contributed by atoms with Crippen molar-refractivity contribution < 1.29 is 18.3 Å². The van der Waals surface area contributed by atoms with Crippen molar-refractivity contribution in [3.05, 3.63) is 63.2 Å². The summed E-state index contributed by atoms with van der Waals surface area (Å²) in [4.78, 5) is 30.8. The molecular formula is C19H18F2N4O3. The Kier molecular flexibility index (Phi) is 4.58. The van der Waals surface area contributed by atoms with Crippen molar-refractivity contribution in [2.75, 3.05) is 18.1 Å². The van der Waals surface area contributed by atoms with Crippen molar-refractivity contribution in [2.45, 2.75) is 26.3 Å². The first-order valence-corrected chi connectivity index (χ1v) is 8.98. The van der Waals surface area contributed by atoms with Crippen LogP contribution in [-0.4, -0.2) is 33.7 Å². The van der Waals surface area contributed by atoms with Crippen LogP contribution >= 0.6 is 0 Å². The van der Waals surface area contributed by atoms with Crippen molar-refractivity contribution in [2.24, 2.45) is 0 Å². The van der Waals surface area contributed by atoms with Crippen LogP contribution in [0, 0.1) is 11.6 Å². The van der Waals surface area contributed by atoms with Gasteiger partial charge in [0.25, 0.3) is 5.56 Å². The maximum Gasteiger partial charge on any atom is 0.343 e. The quantitative estimate of drug-likeness (QED) is 0.695. The fraction of sp³-hybridized carbons (Fsp3) is 0.316. The van der Waals surface area contributed by atoms with Crippen LogP contribution in [-0.2, 0) is 17.7 Å². The number of nitrogens with one attached hydrogen (secondary N) is 1. The normalized spacial score (nSPS) is 13.6. The third kappa shape index (κ3) is 3.12. The van der Waals surface area contributed by atoms with Crippen LogP contribution in [0.4, 0.5) is 14.5 Å². The third-order valence-corrected chi connectivity index (χ3v) is 4.74. The number of aryl methyl sites for hydroxylation is 1. The van der Waals surface area contributed by atoms with Gasteiger partial charge in [-0.15, -0.1) is 0 Å². The maximum atomic E-state index is 13.7. The highest BCUT2D eigenvalue weighted by Crippen LogP contribution is 2.30. The van der Waals surface area contributed by atoms with E-state index in [4.69, 9.17) is 4.74 Å². The van der Waals surface area contributed by atoms with Gasteiger partial charge in [0.2, 0.25) is 0 Å². The molecule has 0 aliphatic carbocycles. The van der Waals surface area contributed by atoms with Gasteiger partial charge in [-0.2, -0.15) is 0 Å². The number of H-pyrrole nitrogens is 1. The molecule has 3 aromatic rings. The number of hydrogen-bond donors (Lipinski definition) is 1. The fourth-order valence-electron chi connectivity index (χ4n) is 3.48. The van der Waals surface area contributed by atoms with E-state index < -0.39 is 17.6 Å². The predicted molar refractivity (Wildman–Crippen MR) is 97.5 cm³/mol. The monoisotopic (exact) mass is 388 g/mol. The van der Waals surface area contributed by atoms with E-state index in [-0.39, 0.29) is 29.9 Å². The second-order valence-corrected chi connectivity index (χ2v) is 6.57. The van der Waals surface area contributed by atoms with Gasteiger partial charge in [-0.3, -0.25) is 9.89 Å². The Labute approximate surface area is 158 Å². The Balaban J connectivity index is 1.72. The third-order valence-electron chi connectivity index (χ3n) is 4.74.